The maximum Gasteiger partial charge on any atom is 0.463 e. The van der Waals surface area contributed by atoms with Gasteiger partial charge in [-0.25, -0.2) is 9.48 Å². The third-order valence-electron chi connectivity index (χ3n) is 0.834. The van der Waals surface area contributed by atoms with Crippen molar-refractivity contribution < 1.29 is 21.3 Å². The second-order valence-corrected chi connectivity index (χ2v) is 2.30. The molecule has 0 amide bonds. The molecule has 0 aromatic carbocycles. The molecule has 0 spiro atoms. The number of halogens is 2. The predicted octanol–water partition coefficient (Wildman–Crippen LogP) is -2.65. The van der Waals surface area contributed by atoms with Crippen LogP contribution in [0.1, 0.15) is 0 Å². The van der Waals surface area contributed by atoms with Crippen molar-refractivity contribution in [3.8, 4) is 0 Å². The van der Waals surface area contributed by atoms with Gasteiger partial charge in [-0.05, 0) is 0 Å². The first-order valence-electron chi connectivity index (χ1n) is 2.59. The van der Waals surface area contributed by atoms with E-state index in [1.165, 1.54) is 0 Å². The smallest absolute Gasteiger partial charge is 0.463 e. The van der Waals surface area contributed by atoms with Crippen LogP contribution in [0.2, 0.25) is 0 Å². The summed E-state index contributed by atoms with van der Waals surface area (Å²) in [5.41, 5.74) is 0. The molecule has 5 heteroatoms. The largest absolute Gasteiger partial charge is 1.00 e. The maximum atomic E-state index is 5.14. The van der Waals surface area contributed by atoms with Crippen LogP contribution in [0.15, 0.2) is 0 Å². The molecule has 0 aliphatic heterocycles. The summed E-state index contributed by atoms with van der Waals surface area (Å²) in [7, 11) is 7.44. The van der Waals surface area contributed by atoms with Crippen molar-refractivity contribution in [1.82, 2.24) is 4.90 Å². The van der Waals surface area contributed by atoms with Gasteiger partial charge in [-0.3, -0.25) is 0 Å². The lowest BCUT2D eigenvalue weighted by molar-refractivity contribution is -0.478. The first-order chi connectivity index (χ1) is 4.09. The zero-order valence-corrected chi connectivity index (χ0v) is 8.07. The highest BCUT2D eigenvalue weighted by atomic mass is 35.5. The minimum absolute atomic E-state index is 0. The van der Waals surface area contributed by atoms with Crippen LogP contribution in [-0.4, -0.2) is 43.7 Å². The normalized spacial score (nSPS) is 7.70. The molecule has 0 rings (SSSR count). The lowest BCUT2D eigenvalue weighted by Crippen LogP contribution is -3.00. The predicted molar refractivity (Wildman–Crippen MR) is 37.7 cm³/mol. The third-order valence-corrected chi connectivity index (χ3v) is 0.972. The first kappa shape index (κ1) is 12.5. The average molecular weight is 187 g/mol. The topological polar surface area (TPSA) is 15.5 Å². The van der Waals surface area contributed by atoms with Crippen LogP contribution in [0, 0.1) is 0 Å². The number of hydrogen-bond acceptors (Lipinski definition) is 1. The molecule has 0 radical (unpaired) electrons. The fourth-order valence-corrected chi connectivity index (χ4v) is 0.814. The van der Waals surface area contributed by atoms with Crippen molar-refractivity contribution >= 4 is 17.9 Å². The summed E-state index contributed by atoms with van der Waals surface area (Å²) < 4.78 is 6.30. The van der Waals surface area contributed by atoms with Crippen LogP contribution >= 0.6 is 11.9 Å². The van der Waals surface area contributed by atoms with Crippen LogP contribution in [0.4, 0.5) is 0 Å². The molecular formula is C5H12Cl2N2O. The van der Waals surface area contributed by atoms with Crippen molar-refractivity contribution in [3.05, 3.63) is 0 Å². The summed E-state index contributed by atoms with van der Waals surface area (Å²) in [4.78, 5) is 1.78. The third kappa shape index (κ3) is 3.80. The Kier molecular flexibility index (Phi) is 7.04. The Bertz CT molecular complexity index is 121. The second kappa shape index (κ2) is 5.62. The number of nitrogens with zero attached hydrogens (tertiary/aromatic N) is 2. The molecule has 0 unspecified atom stereocenters. The Morgan fingerprint density at radius 3 is 1.80 bits per heavy atom. The molecule has 3 nitrogen and oxygen atoms in total. The number of amidine groups is 1. The molecule has 0 heterocycles. The van der Waals surface area contributed by atoms with Gasteiger partial charge >= 0.3 is 6.02 Å². The van der Waals surface area contributed by atoms with Gasteiger partial charge in [0, 0.05) is 0 Å². The minimum atomic E-state index is 0. The summed E-state index contributed by atoms with van der Waals surface area (Å²) in [5, 5.41) is 0. The standard InChI is InChI=1S/C5H12ClN2O.ClH/c1-7(2)5(9-6)8(3)4;/h1-4H3;1H/q+1;/p-1. The second-order valence-electron chi connectivity index (χ2n) is 2.15. The summed E-state index contributed by atoms with van der Waals surface area (Å²) in [6, 6.07) is 0.622. The van der Waals surface area contributed by atoms with E-state index in [9.17, 15) is 0 Å². The van der Waals surface area contributed by atoms with Crippen molar-refractivity contribution in [2.24, 2.45) is 0 Å². The highest BCUT2D eigenvalue weighted by Gasteiger charge is 2.11. The van der Waals surface area contributed by atoms with Gasteiger partial charge in [-0.15, -0.1) is 0 Å². The summed E-state index contributed by atoms with van der Waals surface area (Å²) in [6.45, 7) is 0. The fourth-order valence-electron chi connectivity index (χ4n) is 0.538. The SMILES string of the molecule is CN(C)C(OCl)=[N+](C)C.[Cl-]. The van der Waals surface area contributed by atoms with Crippen molar-refractivity contribution in [2.75, 3.05) is 28.2 Å². The Hall–Kier alpha value is -0.150. The van der Waals surface area contributed by atoms with Gasteiger partial charge < -0.3 is 16.7 Å². The highest BCUT2D eigenvalue weighted by molar-refractivity contribution is 6.12. The summed E-state index contributed by atoms with van der Waals surface area (Å²) >= 11 is 5.14. The van der Waals surface area contributed by atoms with Crippen LogP contribution in [0.5, 0.6) is 0 Å². The summed E-state index contributed by atoms with van der Waals surface area (Å²) in [6.07, 6.45) is 0. The minimum Gasteiger partial charge on any atom is -1.00 e. The molecule has 0 N–H and O–H groups in total. The van der Waals surface area contributed by atoms with Gasteiger partial charge in [-0.1, -0.05) is 0 Å². The monoisotopic (exact) mass is 186 g/mol. The molecule has 0 saturated heterocycles. The van der Waals surface area contributed by atoms with Crippen LogP contribution < -0.4 is 12.4 Å². The number of rotatable bonds is 0. The van der Waals surface area contributed by atoms with E-state index in [1.807, 2.05) is 28.2 Å². The molecule has 0 fully saturated rings. The summed E-state index contributed by atoms with van der Waals surface area (Å²) in [5.74, 6) is 0. The van der Waals surface area contributed by atoms with Crippen molar-refractivity contribution in [2.45, 2.75) is 0 Å². The van der Waals surface area contributed by atoms with E-state index in [0.29, 0.717) is 6.02 Å². The zero-order valence-electron chi connectivity index (χ0n) is 6.56. The highest BCUT2D eigenvalue weighted by Crippen LogP contribution is 1.87. The molecule has 0 atom stereocenters. The lowest BCUT2D eigenvalue weighted by atomic mass is 10.8. The Morgan fingerprint density at radius 2 is 1.80 bits per heavy atom. The van der Waals surface area contributed by atoms with Gasteiger partial charge in [0.2, 0.25) is 0 Å². The van der Waals surface area contributed by atoms with E-state index in [0.717, 1.165) is 0 Å². The van der Waals surface area contributed by atoms with Crippen LogP contribution in [-0.2, 0) is 4.29 Å². The van der Waals surface area contributed by atoms with E-state index in [2.05, 4.69) is 4.29 Å². The van der Waals surface area contributed by atoms with Crippen LogP contribution in [0.25, 0.3) is 0 Å². The molecule has 0 aromatic heterocycles. The molecule has 62 valence electrons. The lowest BCUT2D eigenvalue weighted by Gasteiger charge is -2.04. The molecule has 0 aromatic rings. The molecular weight excluding hydrogens is 175 g/mol. The molecule has 10 heavy (non-hydrogen) atoms. The van der Waals surface area contributed by atoms with E-state index in [4.69, 9.17) is 11.9 Å². The quantitative estimate of drug-likeness (QED) is 0.234. The van der Waals surface area contributed by atoms with Gasteiger partial charge in [0.1, 0.15) is 11.9 Å². The van der Waals surface area contributed by atoms with Gasteiger partial charge in [0.15, 0.2) is 0 Å². The van der Waals surface area contributed by atoms with Crippen LogP contribution in [0.3, 0.4) is 0 Å². The van der Waals surface area contributed by atoms with E-state index in [1.54, 1.807) is 9.48 Å². The van der Waals surface area contributed by atoms with Gasteiger partial charge in [-0.2, -0.15) is 0 Å². The molecule has 0 bridgehead atoms. The van der Waals surface area contributed by atoms with Crippen molar-refractivity contribution in [1.29, 1.82) is 0 Å². The van der Waals surface area contributed by atoms with Crippen molar-refractivity contribution in [3.63, 3.8) is 0 Å². The Balaban J connectivity index is 0. The molecule has 0 saturated carbocycles. The first-order valence-corrected chi connectivity index (χ1v) is 2.90. The van der Waals surface area contributed by atoms with Gasteiger partial charge in [0.25, 0.3) is 0 Å². The Morgan fingerprint density at radius 1 is 1.40 bits per heavy atom. The van der Waals surface area contributed by atoms with E-state index in [-0.39, 0.29) is 12.4 Å². The zero-order chi connectivity index (χ0) is 7.44. The molecule has 0 aliphatic carbocycles. The maximum absolute atomic E-state index is 5.14. The Labute approximate surface area is 72.8 Å². The molecule has 0 aliphatic rings. The number of hydrogen-bond donors (Lipinski definition) is 0. The van der Waals surface area contributed by atoms with E-state index >= 15 is 0 Å². The average Bonchev–Trinajstić information content (AvgIpc) is 1.64. The fraction of sp³-hybridized carbons (Fsp3) is 0.800. The van der Waals surface area contributed by atoms with E-state index < -0.39 is 0 Å². The van der Waals surface area contributed by atoms with Gasteiger partial charge in [0.05, 0.1) is 28.2 Å².